The number of aliphatic hydroxyl groups excluding tert-OH is 1. The quantitative estimate of drug-likeness (QED) is 0.355. The van der Waals surface area contributed by atoms with E-state index in [4.69, 9.17) is 0 Å². The summed E-state index contributed by atoms with van der Waals surface area (Å²) in [7, 11) is -3.44. The molecule has 1 saturated heterocycles. The number of guanidine groups is 1. The highest BCUT2D eigenvalue weighted by Crippen LogP contribution is 2.18. The molecule has 2 N–H and O–H groups in total. The molecule has 0 saturated carbocycles. The first-order valence-electron chi connectivity index (χ1n) is 8.40. The minimum Gasteiger partial charge on any atom is -0.390 e. The molecule has 2 atom stereocenters. The molecule has 0 aromatic carbocycles. The molecule has 2 heterocycles. The first-order valence-corrected chi connectivity index (χ1v) is 10.9. The number of hydrogen-bond acceptors (Lipinski definition) is 5. The van der Waals surface area contributed by atoms with E-state index in [1.807, 2.05) is 6.92 Å². The lowest BCUT2D eigenvalue weighted by Gasteiger charge is -2.33. The molecule has 1 aromatic rings. The summed E-state index contributed by atoms with van der Waals surface area (Å²) in [6, 6.07) is 3.26. The number of hydrogen-bond donors (Lipinski definition) is 2. The summed E-state index contributed by atoms with van der Waals surface area (Å²) in [5.74, 6) is 1.08. The second-order valence-corrected chi connectivity index (χ2v) is 9.46. The smallest absolute Gasteiger partial charge is 0.194 e. The number of likely N-dealkylation sites (tertiary alicyclic amines) is 1. The van der Waals surface area contributed by atoms with Crippen molar-refractivity contribution in [3.05, 3.63) is 17.5 Å². The SMILES string of the molecule is CCNC(=NCC(O)CS(=O)(=O)c1cccs1)N1CCCC(C)C1.I. The maximum atomic E-state index is 12.2. The van der Waals surface area contributed by atoms with Crippen LogP contribution < -0.4 is 5.32 Å². The Balaban J connectivity index is 0.00000312. The van der Waals surface area contributed by atoms with Crippen molar-refractivity contribution in [2.75, 3.05) is 31.9 Å². The predicted octanol–water partition coefficient (Wildman–Crippen LogP) is 2.20. The molecular formula is C16H28IN3O3S2. The molecule has 1 aliphatic heterocycles. The summed E-state index contributed by atoms with van der Waals surface area (Å²) >= 11 is 1.17. The van der Waals surface area contributed by atoms with Crippen LogP contribution in [-0.4, -0.2) is 62.4 Å². The highest BCUT2D eigenvalue weighted by molar-refractivity contribution is 14.0. The lowest BCUT2D eigenvalue weighted by atomic mass is 10.0. The van der Waals surface area contributed by atoms with Gasteiger partial charge in [-0.2, -0.15) is 0 Å². The molecule has 144 valence electrons. The van der Waals surface area contributed by atoms with Crippen LogP contribution in [0.1, 0.15) is 26.7 Å². The van der Waals surface area contributed by atoms with Gasteiger partial charge in [0, 0.05) is 19.6 Å². The Bertz CT molecular complexity index is 635. The zero-order chi connectivity index (χ0) is 17.6. The van der Waals surface area contributed by atoms with Gasteiger partial charge in [0.05, 0.1) is 18.4 Å². The number of sulfone groups is 1. The Hall–Kier alpha value is -0.390. The van der Waals surface area contributed by atoms with Gasteiger partial charge in [-0.1, -0.05) is 13.0 Å². The molecule has 0 spiro atoms. The Morgan fingerprint density at radius 2 is 2.32 bits per heavy atom. The summed E-state index contributed by atoms with van der Waals surface area (Å²) in [4.78, 5) is 6.65. The molecule has 1 aliphatic rings. The fraction of sp³-hybridized carbons (Fsp3) is 0.688. The molecule has 1 aromatic heterocycles. The molecule has 0 radical (unpaired) electrons. The van der Waals surface area contributed by atoms with Crippen LogP contribution >= 0.6 is 35.3 Å². The highest BCUT2D eigenvalue weighted by Gasteiger charge is 2.22. The van der Waals surface area contributed by atoms with Crippen molar-refractivity contribution in [2.24, 2.45) is 10.9 Å². The number of thiophene rings is 1. The molecular weight excluding hydrogens is 473 g/mol. The van der Waals surface area contributed by atoms with Crippen molar-refractivity contribution in [3.8, 4) is 0 Å². The van der Waals surface area contributed by atoms with Crippen LogP contribution in [0.2, 0.25) is 0 Å². The lowest BCUT2D eigenvalue weighted by Crippen LogP contribution is -2.46. The minimum absolute atomic E-state index is 0. The largest absolute Gasteiger partial charge is 0.390 e. The van der Waals surface area contributed by atoms with Crippen LogP contribution in [0.5, 0.6) is 0 Å². The summed E-state index contributed by atoms with van der Waals surface area (Å²) in [6.07, 6.45) is 1.34. The topological polar surface area (TPSA) is 82.0 Å². The van der Waals surface area contributed by atoms with Gasteiger partial charge in [0.2, 0.25) is 0 Å². The zero-order valence-corrected chi connectivity index (χ0v) is 18.7. The number of nitrogens with one attached hydrogen (secondary N) is 1. The maximum absolute atomic E-state index is 12.2. The molecule has 2 unspecified atom stereocenters. The summed E-state index contributed by atoms with van der Waals surface area (Å²) in [5, 5.41) is 15.1. The Morgan fingerprint density at radius 1 is 1.56 bits per heavy atom. The molecule has 9 heteroatoms. The summed E-state index contributed by atoms with van der Waals surface area (Å²) in [5.41, 5.74) is 0. The van der Waals surface area contributed by atoms with E-state index in [-0.39, 0.29) is 36.3 Å². The summed E-state index contributed by atoms with van der Waals surface area (Å²) in [6.45, 7) is 6.93. The van der Waals surface area contributed by atoms with Gasteiger partial charge in [0.25, 0.3) is 0 Å². The van der Waals surface area contributed by atoms with E-state index in [0.29, 0.717) is 10.1 Å². The Labute approximate surface area is 171 Å². The van der Waals surface area contributed by atoms with Gasteiger partial charge in [-0.15, -0.1) is 35.3 Å². The van der Waals surface area contributed by atoms with Crippen molar-refractivity contribution in [1.29, 1.82) is 0 Å². The monoisotopic (exact) mass is 501 g/mol. The Morgan fingerprint density at radius 3 is 2.92 bits per heavy atom. The van der Waals surface area contributed by atoms with E-state index in [2.05, 4.69) is 22.1 Å². The van der Waals surface area contributed by atoms with Crippen molar-refractivity contribution >= 4 is 51.1 Å². The van der Waals surface area contributed by atoms with Gasteiger partial charge in [-0.25, -0.2) is 8.42 Å². The molecule has 2 rings (SSSR count). The molecule has 0 amide bonds. The molecule has 6 nitrogen and oxygen atoms in total. The number of rotatable bonds is 6. The second-order valence-electron chi connectivity index (χ2n) is 6.26. The van der Waals surface area contributed by atoms with Gasteiger partial charge in [0.15, 0.2) is 15.8 Å². The minimum atomic E-state index is -3.44. The van der Waals surface area contributed by atoms with E-state index in [1.165, 1.54) is 17.8 Å². The maximum Gasteiger partial charge on any atom is 0.194 e. The average Bonchev–Trinajstić information content (AvgIpc) is 3.06. The van der Waals surface area contributed by atoms with Gasteiger partial charge >= 0.3 is 0 Å². The number of nitrogens with zero attached hydrogens (tertiary/aromatic N) is 2. The lowest BCUT2D eigenvalue weighted by molar-refractivity contribution is 0.204. The van der Waals surface area contributed by atoms with Crippen LogP contribution in [0, 0.1) is 5.92 Å². The predicted molar refractivity (Wildman–Crippen MR) is 114 cm³/mol. The van der Waals surface area contributed by atoms with Gasteiger partial charge in [-0.3, -0.25) is 4.99 Å². The van der Waals surface area contributed by atoms with Crippen LogP contribution in [0.4, 0.5) is 0 Å². The van der Waals surface area contributed by atoms with Gasteiger partial charge in [0.1, 0.15) is 4.21 Å². The average molecular weight is 501 g/mol. The van der Waals surface area contributed by atoms with Crippen LogP contribution in [0.3, 0.4) is 0 Å². The van der Waals surface area contributed by atoms with Gasteiger partial charge < -0.3 is 15.3 Å². The normalized spacial score (nSPS) is 20.0. The number of aliphatic imine (C=N–C) groups is 1. The molecule has 25 heavy (non-hydrogen) atoms. The fourth-order valence-electron chi connectivity index (χ4n) is 2.83. The van der Waals surface area contributed by atoms with Crippen LogP contribution in [-0.2, 0) is 9.84 Å². The van der Waals surface area contributed by atoms with Crippen molar-refractivity contribution in [3.63, 3.8) is 0 Å². The van der Waals surface area contributed by atoms with E-state index in [0.717, 1.165) is 32.0 Å². The molecule has 0 aliphatic carbocycles. The number of aliphatic hydroxyl groups is 1. The number of halogens is 1. The van der Waals surface area contributed by atoms with E-state index < -0.39 is 15.9 Å². The zero-order valence-electron chi connectivity index (χ0n) is 14.7. The third kappa shape index (κ3) is 7.03. The fourth-order valence-corrected chi connectivity index (χ4v) is 5.30. The van der Waals surface area contributed by atoms with Crippen LogP contribution in [0.15, 0.2) is 26.7 Å². The first kappa shape index (κ1) is 22.7. The number of piperidine rings is 1. The Kier molecular flexibility index (Phi) is 9.68. The van der Waals surface area contributed by atoms with Crippen LogP contribution in [0.25, 0.3) is 0 Å². The molecule has 1 fully saturated rings. The molecule has 0 bridgehead atoms. The van der Waals surface area contributed by atoms with E-state index in [9.17, 15) is 13.5 Å². The van der Waals surface area contributed by atoms with Gasteiger partial charge in [-0.05, 0) is 37.1 Å². The van der Waals surface area contributed by atoms with Crippen molar-refractivity contribution in [2.45, 2.75) is 37.0 Å². The van der Waals surface area contributed by atoms with E-state index in [1.54, 1.807) is 17.5 Å². The summed E-state index contributed by atoms with van der Waals surface area (Å²) < 4.78 is 24.7. The third-order valence-electron chi connectivity index (χ3n) is 3.96. The van der Waals surface area contributed by atoms with Crippen molar-refractivity contribution < 1.29 is 13.5 Å². The van der Waals surface area contributed by atoms with E-state index >= 15 is 0 Å². The van der Waals surface area contributed by atoms with Crippen molar-refractivity contribution in [1.82, 2.24) is 10.2 Å². The first-order chi connectivity index (χ1) is 11.4. The highest BCUT2D eigenvalue weighted by atomic mass is 127. The third-order valence-corrected chi connectivity index (χ3v) is 7.24. The standard InChI is InChI=1S/C16H27N3O3S2.HI/c1-3-17-16(19-8-4-6-13(2)11-19)18-10-14(20)12-24(21,22)15-7-5-9-23-15;/h5,7,9,13-14,20H,3-4,6,8,10-12H2,1-2H3,(H,17,18);1H. The second kappa shape index (κ2) is 10.7.